The molecule has 0 spiro atoms. The maximum absolute atomic E-state index is 12.6. The summed E-state index contributed by atoms with van der Waals surface area (Å²) in [6.45, 7) is 6.44. The summed E-state index contributed by atoms with van der Waals surface area (Å²) in [4.78, 5) is 13.5. The molecular weight excluding hydrogens is 314 g/mol. The number of amides is 1. The van der Waals surface area contributed by atoms with Crippen LogP contribution in [0.4, 0.5) is 5.69 Å². The standard InChI is InChI=1S/C16H25N3O3S/c1-11(2)8-14(10-17)18-23(21,22)15-4-5-16-13(9-15)6-7-19(16)12(3)20/h4-5,9,11,14,18H,6-8,10,17H2,1-3H3. The van der Waals surface area contributed by atoms with Crippen molar-refractivity contribution in [3.05, 3.63) is 23.8 Å². The molecule has 6 nitrogen and oxygen atoms in total. The first-order chi connectivity index (χ1) is 10.7. The fraction of sp³-hybridized carbons (Fsp3) is 0.562. The average Bonchev–Trinajstić information content (AvgIpc) is 2.88. The molecule has 23 heavy (non-hydrogen) atoms. The Kier molecular flexibility index (Phi) is 5.44. The highest BCUT2D eigenvalue weighted by molar-refractivity contribution is 7.89. The van der Waals surface area contributed by atoms with E-state index < -0.39 is 10.0 Å². The van der Waals surface area contributed by atoms with Gasteiger partial charge in [-0.1, -0.05) is 13.8 Å². The first kappa shape index (κ1) is 17.9. The van der Waals surface area contributed by atoms with Crippen LogP contribution < -0.4 is 15.4 Å². The van der Waals surface area contributed by atoms with E-state index in [1.165, 1.54) is 6.92 Å². The summed E-state index contributed by atoms with van der Waals surface area (Å²) in [6.07, 6.45) is 1.36. The average molecular weight is 339 g/mol. The monoisotopic (exact) mass is 339 g/mol. The Balaban J connectivity index is 2.23. The van der Waals surface area contributed by atoms with Gasteiger partial charge >= 0.3 is 0 Å². The van der Waals surface area contributed by atoms with Crippen LogP contribution in [0, 0.1) is 5.92 Å². The third-order valence-corrected chi connectivity index (χ3v) is 5.52. The topological polar surface area (TPSA) is 92.5 Å². The second-order valence-electron chi connectivity index (χ2n) is 6.39. The van der Waals surface area contributed by atoms with E-state index in [0.717, 1.165) is 11.3 Å². The summed E-state index contributed by atoms with van der Waals surface area (Å²) in [5.74, 6) is 0.327. The van der Waals surface area contributed by atoms with E-state index >= 15 is 0 Å². The zero-order valence-corrected chi connectivity index (χ0v) is 14.7. The molecule has 1 atom stereocenters. The first-order valence-corrected chi connectivity index (χ1v) is 9.36. The Labute approximate surface area is 138 Å². The summed E-state index contributed by atoms with van der Waals surface area (Å²) >= 11 is 0. The molecule has 1 aliphatic rings. The molecule has 128 valence electrons. The first-order valence-electron chi connectivity index (χ1n) is 7.88. The van der Waals surface area contributed by atoms with Gasteiger partial charge in [0.15, 0.2) is 0 Å². The van der Waals surface area contributed by atoms with Gasteiger partial charge in [0.25, 0.3) is 0 Å². The fourth-order valence-corrected chi connectivity index (χ4v) is 4.23. The van der Waals surface area contributed by atoms with Crippen molar-refractivity contribution in [3.8, 4) is 0 Å². The zero-order chi connectivity index (χ0) is 17.2. The predicted octanol–water partition coefficient (Wildman–Crippen LogP) is 1.25. The van der Waals surface area contributed by atoms with Gasteiger partial charge in [-0.15, -0.1) is 0 Å². The molecule has 0 aromatic heterocycles. The number of fused-ring (bicyclic) bond motifs is 1. The van der Waals surface area contributed by atoms with Crippen molar-refractivity contribution in [1.29, 1.82) is 0 Å². The predicted molar refractivity (Wildman–Crippen MR) is 90.8 cm³/mol. The molecule has 0 fully saturated rings. The van der Waals surface area contributed by atoms with Crippen LogP contribution in [0.15, 0.2) is 23.1 Å². The van der Waals surface area contributed by atoms with Crippen molar-refractivity contribution in [2.75, 3.05) is 18.0 Å². The van der Waals surface area contributed by atoms with E-state index in [1.807, 2.05) is 13.8 Å². The number of hydrogen-bond acceptors (Lipinski definition) is 4. The molecule has 0 saturated carbocycles. The fourth-order valence-electron chi connectivity index (χ4n) is 2.92. The van der Waals surface area contributed by atoms with Crippen molar-refractivity contribution < 1.29 is 13.2 Å². The molecular formula is C16H25N3O3S. The Morgan fingerprint density at radius 2 is 2.09 bits per heavy atom. The highest BCUT2D eigenvalue weighted by atomic mass is 32.2. The van der Waals surface area contributed by atoms with Gasteiger partial charge in [0.1, 0.15) is 0 Å². The van der Waals surface area contributed by atoms with E-state index in [9.17, 15) is 13.2 Å². The van der Waals surface area contributed by atoms with Gasteiger partial charge in [-0.25, -0.2) is 13.1 Å². The van der Waals surface area contributed by atoms with Crippen LogP contribution >= 0.6 is 0 Å². The summed E-state index contributed by atoms with van der Waals surface area (Å²) in [7, 11) is -3.61. The molecule has 0 aliphatic carbocycles. The molecule has 0 bridgehead atoms. The maximum atomic E-state index is 12.6. The number of benzene rings is 1. The lowest BCUT2D eigenvalue weighted by atomic mass is 10.1. The third-order valence-electron chi connectivity index (χ3n) is 4.00. The Morgan fingerprint density at radius 3 is 2.65 bits per heavy atom. The number of hydrogen-bond donors (Lipinski definition) is 2. The molecule has 2 rings (SSSR count). The number of carbonyl (C=O) groups excluding carboxylic acids is 1. The van der Waals surface area contributed by atoms with Gasteiger partial charge < -0.3 is 10.6 Å². The van der Waals surface area contributed by atoms with Gasteiger partial charge in [-0.05, 0) is 42.5 Å². The normalized spacial score (nSPS) is 15.8. The molecule has 3 N–H and O–H groups in total. The van der Waals surface area contributed by atoms with Crippen LogP contribution in [-0.2, 0) is 21.2 Å². The van der Waals surface area contributed by atoms with E-state index in [4.69, 9.17) is 5.73 Å². The lowest BCUT2D eigenvalue weighted by Crippen LogP contribution is -2.41. The second-order valence-corrected chi connectivity index (χ2v) is 8.11. The van der Waals surface area contributed by atoms with Crippen molar-refractivity contribution in [2.24, 2.45) is 11.7 Å². The van der Waals surface area contributed by atoms with Gasteiger partial charge in [0, 0.05) is 31.7 Å². The number of nitrogens with zero attached hydrogens (tertiary/aromatic N) is 1. The minimum Gasteiger partial charge on any atom is -0.329 e. The third kappa shape index (κ3) is 4.10. The second kappa shape index (κ2) is 6.98. The minimum atomic E-state index is -3.61. The Hall–Kier alpha value is -1.44. The summed E-state index contributed by atoms with van der Waals surface area (Å²) in [5.41, 5.74) is 7.36. The maximum Gasteiger partial charge on any atom is 0.240 e. The zero-order valence-electron chi connectivity index (χ0n) is 13.9. The van der Waals surface area contributed by atoms with E-state index in [0.29, 0.717) is 25.3 Å². The van der Waals surface area contributed by atoms with Crippen molar-refractivity contribution >= 4 is 21.6 Å². The molecule has 7 heteroatoms. The van der Waals surface area contributed by atoms with Crippen LogP contribution in [0.1, 0.15) is 32.8 Å². The highest BCUT2D eigenvalue weighted by Crippen LogP contribution is 2.30. The molecule has 0 saturated heterocycles. The van der Waals surface area contributed by atoms with Gasteiger partial charge in [0.05, 0.1) is 4.90 Å². The number of rotatable bonds is 6. The molecule has 1 aromatic rings. The smallest absolute Gasteiger partial charge is 0.240 e. The van der Waals surface area contributed by atoms with Gasteiger partial charge in [-0.2, -0.15) is 0 Å². The van der Waals surface area contributed by atoms with Crippen molar-refractivity contribution in [2.45, 2.75) is 44.6 Å². The molecule has 1 unspecified atom stereocenters. The highest BCUT2D eigenvalue weighted by Gasteiger charge is 2.26. The summed E-state index contributed by atoms with van der Waals surface area (Å²) < 4.78 is 27.8. The van der Waals surface area contributed by atoms with Crippen molar-refractivity contribution in [3.63, 3.8) is 0 Å². The molecule has 0 radical (unpaired) electrons. The molecule has 1 heterocycles. The number of anilines is 1. The van der Waals surface area contributed by atoms with Crippen LogP contribution in [0.25, 0.3) is 0 Å². The van der Waals surface area contributed by atoms with Crippen LogP contribution in [0.3, 0.4) is 0 Å². The number of carbonyl (C=O) groups is 1. The van der Waals surface area contributed by atoms with Crippen molar-refractivity contribution in [1.82, 2.24) is 4.72 Å². The summed E-state index contributed by atoms with van der Waals surface area (Å²) in [6, 6.07) is 4.63. The number of nitrogens with two attached hydrogens (primary N) is 1. The van der Waals surface area contributed by atoms with Gasteiger partial charge in [0.2, 0.25) is 15.9 Å². The van der Waals surface area contributed by atoms with Crippen LogP contribution in [-0.4, -0.2) is 33.5 Å². The van der Waals surface area contributed by atoms with Gasteiger partial charge in [-0.3, -0.25) is 4.79 Å². The summed E-state index contributed by atoms with van der Waals surface area (Å²) in [5, 5.41) is 0. The lowest BCUT2D eigenvalue weighted by molar-refractivity contribution is -0.116. The lowest BCUT2D eigenvalue weighted by Gasteiger charge is -2.19. The van der Waals surface area contributed by atoms with E-state index in [2.05, 4.69) is 4.72 Å². The number of sulfonamides is 1. The molecule has 1 amide bonds. The van der Waals surface area contributed by atoms with Crippen LogP contribution in [0.2, 0.25) is 0 Å². The van der Waals surface area contributed by atoms with Crippen LogP contribution in [0.5, 0.6) is 0 Å². The van der Waals surface area contributed by atoms with E-state index in [1.54, 1.807) is 23.1 Å². The largest absolute Gasteiger partial charge is 0.329 e. The minimum absolute atomic E-state index is 0.0300. The van der Waals surface area contributed by atoms with E-state index in [-0.39, 0.29) is 23.4 Å². The SMILES string of the molecule is CC(=O)N1CCc2cc(S(=O)(=O)NC(CN)CC(C)C)ccc21. The Morgan fingerprint density at radius 1 is 1.39 bits per heavy atom. The quantitative estimate of drug-likeness (QED) is 0.816. The molecule has 1 aliphatic heterocycles. The number of nitrogens with one attached hydrogen (secondary N) is 1. The molecule has 1 aromatic carbocycles. The Bertz CT molecular complexity index is 686.